The number of halogens is 2. The molecule has 4 nitrogen and oxygen atoms in total. The Labute approximate surface area is 144 Å². The molecule has 2 aromatic rings. The maximum Gasteiger partial charge on any atom is 0.322 e. The number of anilines is 1. The Morgan fingerprint density at radius 1 is 1.22 bits per heavy atom. The number of urea groups is 1. The van der Waals surface area contributed by atoms with Crippen LogP contribution >= 0.6 is 23.2 Å². The highest BCUT2D eigenvalue weighted by Gasteiger charge is 2.43. The minimum Gasteiger partial charge on any atom is -0.314 e. The molecule has 1 saturated heterocycles. The van der Waals surface area contributed by atoms with Crippen molar-refractivity contribution in [2.75, 3.05) is 5.32 Å². The van der Waals surface area contributed by atoms with Crippen molar-refractivity contribution >= 4 is 34.9 Å². The number of pyridine rings is 1. The Hall–Kier alpha value is -1.78. The molecule has 0 aliphatic carbocycles. The van der Waals surface area contributed by atoms with Gasteiger partial charge >= 0.3 is 6.03 Å². The van der Waals surface area contributed by atoms with Crippen LogP contribution in [0.3, 0.4) is 0 Å². The lowest BCUT2D eigenvalue weighted by atomic mass is 9.98. The number of hydrogen-bond donors (Lipinski definition) is 1. The molecule has 6 heteroatoms. The quantitative estimate of drug-likeness (QED) is 0.813. The molecule has 2 bridgehead atoms. The first kappa shape index (κ1) is 14.8. The Kier molecular flexibility index (Phi) is 3.66. The predicted octanol–water partition coefficient (Wildman–Crippen LogP) is 4.68. The monoisotopic (exact) mass is 347 g/mol. The molecule has 3 heterocycles. The molecule has 1 aromatic heterocycles. The summed E-state index contributed by atoms with van der Waals surface area (Å²) in [6.45, 7) is 0. The van der Waals surface area contributed by atoms with Gasteiger partial charge in [-0.25, -0.2) is 4.79 Å². The van der Waals surface area contributed by atoms with Gasteiger partial charge in [0, 0.05) is 30.0 Å². The number of amides is 2. The van der Waals surface area contributed by atoms with Gasteiger partial charge in [0.2, 0.25) is 0 Å². The number of aromatic nitrogens is 1. The highest BCUT2D eigenvalue weighted by molar-refractivity contribution is 6.42. The zero-order chi connectivity index (χ0) is 16.0. The summed E-state index contributed by atoms with van der Waals surface area (Å²) < 4.78 is 0. The summed E-state index contributed by atoms with van der Waals surface area (Å²) in [5.41, 5.74) is 2.95. The zero-order valence-corrected chi connectivity index (χ0v) is 13.8. The molecular formula is C17H15Cl2N3O. The highest BCUT2D eigenvalue weighted by Crippen LogP contribution is 2.43. The van der Waals surface area contributed by atoms with E-state index in [0.717, 1.165) is 25.0 Å². The Morgan fingerprint density at radius 3 is 2.91 bits per heavy atom. The van der Waals surface area contributed by atoms with Gasteiger partial charge in [-0.3, -0.25) is 4.98 Å². The molecule has 118 valence electrons. The SMILES string of the molecule is O=C(Nc1ccc(Cl)c(Cl)c1)N1[C@@H]2CC[C@H]1c1cccnc1C2. The van der Waals surface area contributed by atoms with E-state index >= 15 is 0 Å². The van der Waals surface area contributed by atoms with Gasteiger partial charge < -0.3 is 10.2 Å². The average molecular weight is 348 g/mol. The van der Waals surface area contributed by atoms with Crippen molar-refractivity contribution in [1.29, 1.82) is 0 Å². The molecule has 1 aromatic carbocycles. The van der Waals surface area contributed by atoms with E-state index in [1.165, 1.54) is 5.56 Å². The lowest BCUT2D eigenvalue weighted by Gasteiger charge is -2.35. The second kappa shape index (κ2) is 5.69. The molecule has 2 amide bonds. The van der Waals surface area contributed by atoms with Crippen molar-refractivity contribution in [2.24, 2.45) is 0 Å². The van der Waals surface area contributed by atoms with Crippen LogP contribution in [0.1, 0.15) is 30.1 Å². The van der Waals surface area contributed by atoms with Crippen LogP contribution in [0.4, 0.5) is 10.5 Å². The first-order chi connectivity index (χ1) is 11.1. The third-order valence-electron chi connectivity index (χ3n) is 4.62. The zero-order valence-electron chi connectivity index (χ0n) is 12.3. The number of rotatable bonds is 1. The molecule has 2 atom stereocenters. The van der Waals surface area contributed by atoms with Gasteiger partial charge in [-0.05, 0) is 42.7 Å². The van der Waals surface area contributed by atoms with Gasteiger partial charge in [0.1, 0.15) is 0 Å². The van der Waals surface area contributed by atoms with E-state index in [4.69, 9.17) is 23.2 Å². The van der Waals surface area contributed by atoms with E-state index in [9.17, 15) is 4.79 Å². The van der Waals surface area contributed by atoms with E-state index in [0.29, 0.717) is 15.7 Å². The van der Waals surface area contributed by atoms with Crippen LogP contribution in [-0.4, -0.2) is 22.0 Å². The summed E-state index contributed by atoms with van der Waals surface area (Å²) in [7, 11) is 0. The molecule has 4 rings (SSSR count). The van der Waals surface area contributed by atoms with Crippen molar-refractivity contribution in [3.8, 4) is 0 Å². The van der Waals surface area contributed by atoms with Crippen molar-refractivity contribution in [1.82, 2.24) is 9.88 Å². The number of nitrogens with zero attached hydrogens (tertiary/aromatic N) is 2. The van der Waals surface area contributed by atoms with Crippen LogP contribution in [0.15, 0.2) is 36.5 Å². The summed E-state index contributed by atoms with van der Waals surface area (Å²) in [6.07, 6.45) is 4.64. The van der Waals surface area contributed by atoms with Crippen LogP contribution < -0.4 is 5.32 Å². The molecule has 0 unspecified atom stereocenters. The fourth-order valence-electron chi connectivity index (χ4n) is 3.61. The Morgan fingerprint density at radius 2 is 2.09 bits per heavy atom. The summed E-state index contributed by atoms with van der Waals surface area (Å²) in [4.78, 5) is 19.2. The molecule has 0 spiro atoms. The third-order valence-corrected chi connectivity index (χ3v) is 5.36. The molecule has 2 aliphatic rings. The normalized spacial score (nSPS) is 21.9. The molecular weight excluding hydrogens is 333 g/mol. The summed E-state index contributed by atoms with van der Waals surface area (Å²) in [6, 6.07) is 9.36. The van der Waals surface area contributed by atoms with Crippen molar-refractivity contribution < 1.29 is 4.79 Å². The topological polar surface area (TPSA) is 45.2 Å². The summed E-state index contributed by atoms with van der Waals surface area (Å²) in [5, 5.41) is 3.84. The highest BCUT2D eigenvalue weighted by atomic mass is 35.5. The predicted molar refractivity (Wildman–Crippen MR) is 91.0 cm³/mol. The molecule has 0 saturated carbocycles. The van der Waals surface area contributed by atoms with Crippen molar-refractivity contribution in [2.45, 2.75) is 31.3 Å². The first-order valence-electron chi connectivity index (χ1n) is 7.61. The van der Waals surface area contributed by atoms with Crippen molar-refractivity contribution in [3.63, 3.8) is 0 Å². The average Bonchev–Trinajstić information content (AvgIpc) is 2.86. The Bertz CT molecular complexity index is 780. The number of hydrogen-bond acceptors (Lipinski definition) is 2. The summed E-state index contributed by atoms with van der Waals surface area (Å²) >= 11 is 11.9. The summed E-state index contributed by atoms with van der Waals surface area (Å²) in [5.74, 6) is 0. The van der Waals surface area contributed by atoms with Crippen LogP contribution in [0, 0.1) is 0 Å². The number of fused-ring (bicyclic) bond motifs is 4. The van der Waals surface area contributed by atoms with Gasteiger partial charge in [0.25, 0.3) is 0 Å². The molecule has 1 fully saturated rings. The third kappa shape index (κ3) is 2.56. The lowest BCUT2D eigenvalue weighted by Crippen LogP contribution is -2.44. The van der Waals surface area contributed by atoms with E-state index in [-0.39, 0.29) is 18.1 Å². The fraction of sp³-hybridized carbons (Fsp3) is 0.294. The maximum absolute atomic E-state index is 12.8. The van der Waals surface area contributed by atoms with E-state index in [2.05, 4.69) is 16.4 Å². The van der Waals surface area contributed by atoms with Gasteiger partial charge in [-0.15, -0.1) is 0 Å². The minimum atomic E-state index is -0.0922. The molecule has 2 aliphatic heterocycles. The molecule has 0 radical (unpaired) electrons. The second-order valence-corrected chi connectivity index (χ2v) is 6.77. The molecule has 23 heavy (non-hydrogen) atoms. The van der Waals surface area contributed by atoms with Gasteiger partial charge in [-0.2, -0.15) is 0 Å². The number of nitrogens with one attached hydrogen (secondary N) is 1. The van der Waals surface area contributed by atoms with Crippen molar-refractivity contribution in [3.05, 3.63) is 57.8 Å². The van der Waals surface area contributed by atoms with Crippen LogP contribution in [0.2, 0.25) is 10.0 Å². The number of benzene rings is 1. The fourth-order valence-corrected chi connectivity index (χ4v) is 3.90. The number of carbonyl (C=O) groups excluding carboxylic acids is 1. The molecule has 1 N–H and O–H groups in total. The van der Waals surface area contributed by atoms with Crippen LogP contribution in [0.25, 0.3) is 0 Å². The van der Waals surface area contributed by atoms with Crippen LogP contribution in [-0.2, 0) is 6.42 Å². The van der Waals surface area contributed by atoms with Gasteiger partial charge in [0.15, 0.2) is 0 Å². The smallest absolute Gasteiger partial charge is 0.314 e. The first-order valence-corrected chi connectivity index (χ1v) is 8.37. The maximum atomic E-state index is 12.8. The number of carbonyl (C=O) groups is 1. The van der Waals surface area contributed by atoms with E-state index in [1.807, 2.05) is 17.2 Å². The Balaban J connectivity index is 1.59. The second-order valence-electron chi connectivity index (χ2n) is 5.96. The van der Waals surface area contributed by atoms with Crippen LogP contribution in [0.5, 0.6) is 0 Å². The van der Waals surface area contributed by atoms with Gasteiger partial charge in [0.05, 0.1) is 16.1 Å². The van der Waals surface area contributed by atoms with Gasteiger partial charge in [-0.1, -0.05) is 29.3 Å². The van der Waals surface area contributed by atoms with E-state index < -0.39 is 0 Å². The lowest BCUT2D eigenvalue weighted by molar-refractivity contribution is 0.178. The minimum absolute atomic E-state index is 0.0922. The largest absolute Gasteiger partial charge is 0.322 e. The standard InChI is InChI=1S/C17H15Cl2N3O/c18-13-5-3-10(8-14(13)19)21-17(23)22-11-4-6-16(22)12-2-1-7-20-15(12)9-11/h1-3,5,7-8,11,16H,4,6,9H2,(H,21,23)/t11-,16+/m1/s1. The van der Waals surface area contributed by atoms with E-state index in [1.54, 1.807) is 18.2 Å².